The van der Waals surface area contributed by atoms with E-state index in [-0.39, 0.29) is 24.3 Å². The molecule has 1 saturated carbocycles. The van der Waals surface area contributed by atoms with Crippen LogP contribution in [0.4, 0.5) is 5.13 Å². The fraction of sp³-hybridized carbons (Fsp3) is 0.471. The summed E-state index contributed by atoms with van der Waals surface area (Å²) < 4.78 is 0. The molecule has 2 N–H and O–H groups in total. The van der Waals surface area contributed by atoms with Crippen molar-refractivity contribution in [2.45, 2.75) is 45.1 Å². The SMILES string of the molecule is CC1CCCC(NC(=O)Cc2csc(NC(=O)c3cccs3)n2)C1. The summed E-state index contributed by atoms with van der Waals surface area (Å²) in [6.07, 6.45) is 4.82. The van der Waals surface area contributed by atoms with E-state index in [9.17, 15) is 9.59 Å². The van der Waals surface area contributed by atoms with E-state index in [1.54, 1.807) is 6.07 Å². The minimum absolute atomic E-state index is 0.00975. The lowest BCUT2D eigenvalue weighted by Crippen LogP contribution is -2.38. The highest BCUT2D eigenvalue weighted by Crippen LogP contribution is 2.24. The Labute approximate surface area is 149 Å². The second-order valence-electron chi connectivity index (χ2n) is 6.29. The molecule has 2 heterocycles. The summed E-state index contributed by atoms with van der Waals surface area (Å²) >= 11 is 2.73. The predicted octanol–water partition coefficient (Wildman–Crippen LogP) is 3.69. The van der Waals surface area contributed by atoms with E-state index in [4.69, 9.17) is 0 Å². The number of hydrogen-bond donors (Lipinski definition) is 2. The van der Waals surface area contributed by atoms with Crippen molar-refractivity contribution in [2.75, 3.05) is 5.32 Å². The third kappa shape index (κ3) is 4.64. The quantitative estimate of drug-likeness (QED) is 0.851. The van der Waals surface area contributed by atoms with E-state index in [0.29, 0.717) is 21.6 Å². The average Bonchev–Trinajstić information content (AvgIpc) is 3.19. The lowest BCUT2D eigenvalue weighted by Gasteiger charge is -2.27. The number of rotatable bonds is 5. The summed E-state index contributed by atoms with van der Waals surface area (Å²) in [6.45, 7) is 2.24. The van der Waals surface area contributed by atoms with Gasteiger partial charge in [0.1, 0.15) is 0 Å². The maximum Gasteiger partial charge on any atom is 0.267 e. The molecule has 1 fully saturated rings. The van der Waals surface area contributed by atoms with Crippen LogP contribution in [0.5, 0.6) is 0 Å². The molecule has 2 amide bonds. The number of carbonyl (C=O) groups excluding carboxylic acids is 2. The number of aromatic nitrogens is 1. The molecule has 1 aliphatic carbocycles. The largest absolute Gasteiger partial charge is 0.353 e. The zero-order valence-electron chi connectivity index (χ0n) is 13.6. The maximum atomic E-state index is 12.2. The van der Waals surface area contributed by atoms with E-state index in [2.05, 4.69) is 22.5 Å². The second-order valence-corrected chi connectivity index (χ2v) is 8.09. The van der Waals surface area contributed by atoms with E-state index in [1.807, 2.05) is 16.8 Å². The number of anilines is 1. The first kappa shape index (κ1) is 17.1. The van der Waals surface area contributed by atoms with Gasteiger partial charge >= 0.3 is 0 Å². The number of thiazole rings is 1. The van der Waals surface area contributed by atoms with Crippen LogP contribution >= 0.6 is 22.7 Å². The molecule has 3 rings (SSSR count). The lowest BCUT2D eigenvalue weighted by molar-refractivity contribution is -0.121. The Morgan fingerprint density at radius 3 is 2.96 bits per heavy atom. The van der Waals surface area contributed by atoms with Crippen molar-refractivity contribution in [1.82, 2.24) is 10.3 Å². The summed E-state index contributed by atoms with van der Waals surface area (Å²) in [5, 5.41) is 10.1. The molecule has 7 heteroatoms. The highest BCUT2D eigenvalue weighted by molar-refractivity contribution is 7.14. The van der Waals surface area contributed by atoms with Crippen LogP contribution in [0.2, 0.25) is 0 Å². The molecule has 5 nitrogen and oxygen atoms in total. The highest BCUT2D eigenvalue weighted by atomic mass is 32.1. The fourth-order valence-electron chi connectivity index (χ4n) is 3.02. The van der Waals surface area contributed by atoms with Gasteiger partial charge in [-0.25, -0.2) is 4.98 Å². The number of nitrogens with zero attached hydrogens (tertiary/aromatic N) is 1. The van der Waals surface area contributed by atoms with Gasteiger partial charge in [0, 0.05) is 11.4 Å². The van der Waals surface area contributed by atoms with Crippen molar-refractivity contribution < 1.29 is 9.59 Å². The summed E-state index contributed by atoms with van der Waals surface area (Å²) in [5.74, 6) is 0.532. The van der Waals surface area contributed by atoms with E-state index >= 15 is 0 Å². The van der Waals surface area contributed by atoms with Crippen LogP contribution in [-0.4, -0.2) is 22.8 Å². The Balaban J connectivity index is 1.50. The second kappa shape index (κ2) is 7.90. The van der Waals surface area contributed by atoms with Gasteiger partial charge in [-0.2, -0.15) is 0 Å². The van der Waals surface area contributed by atoms with Crippen molar-refractivity contribution in [1.29, 1.82) is 0 Å². The molecular weight excluding hydrogens is 342 g/mol. The predicted molar refractivity (Wildman–Crippen MR) is 97.7 cm³/mol. The van der Waals surface area contributed by atoms with Crippen LogP contribution in [0.1, 0.15) is 48.0 Å². The summed E-state index contributed by atoms with van der Waals surface area (Å²) in [7, 11) is 0. The molecule has 2 unspecified atom stereocenters. The number of carbonyl (C=O) groups is 2. The minimum Gasteiger partial charge on any atom is -0.353 e. The minimum atomic E-state index is -0.161. The number of amides is 2. The molecule has 24 heavy (non-hydrogen) atoms. The number of hydrogen-bond acceptors (Lipinski definition) is 5. The van der Waals surface area contributed by atoms with Crippen molar-refractivity contribution >= 4 is 39.6 Å². The lowest BCUT2D eigenvalue weighted by atomic mass is 9.87. The van der Waals surface area contributed by atoms with E-state index in [1.165, 1.54) is 35.5 Å². The normalized spacial score (nSPS) is 20.5. The van der Waals surface area contributed by atoms with Gasteiger partial charge in [-0.15, -0.1) is 22.7 Å². The Bertz CT molecular complexity index is 697. The average molecular weight is 364 g/mol. The van der Waals surface area contributed by atoms with Gasteiger partial charge in [0.25, 0.3) is 5.91 Å². The van der Waals surface area contributed by atoms with Gasteiger partial charge in [-0.3, -0.25) is 14.9 Å². The van der Waals surface area contributed by atoms with Crippen LogP contribution in [0, 0.1) is 5.92 Å². The van der Waals surface area contributed by atoms with Gasteiger partial charge in [0.2, 0.25) is 5.91 Å². The van der Waals surface area contributed by atoms with E-state index in [0.717, 1.165) is 12.8 Å². The molecule has 0 bridgehead atoms. The molecule has 0 saturated heterocycles. The zero-order valence-corrected chi connectivity index (χ0v) is 15.2. The van der Waals surface area contributed by atoms with Crippen molar-refractivity contribution in [3.8, 4) is 0 Å². The molecule has 1 aliphatic rings. The maximum absolute atomic E-state index is 12.2. The van der Waals surface area contributed by atoms with Crippen LogP contribution in [-0.2, 0) is 11.2 Å². The van der Waals surface area contributed by atoms with Gasteiger partial charge in [-0.1, -0.05) is 25.8 Å². The van der Waals surface area contributed by atoms with Crippen molar-refractivity contribution in [3.05, 3.63) is 33.5 Å². The van der Waals surface area contributed by atoms with Crippen LogP contribution in [0.15, 0.2) is 22.9 Å². The smallest absolute Gasteiger partial charge is 0.267 e. The Kier molecular flexibility index (Phi) is 5.63. The van der Waals surface area contributed by atoms with Gasteiger partial charge in [0.15, 0.2) is 5.13 Å². The van der Waals surface area contributed by atoms with Crippen molar-refractivity contribution in [3.63, 3.8) is 0 Å². The first-order chi connectivity index (χ1) is 11.6. The molecule has 128 valence electrons. The van der Waals surface area contributed by atoms with Crippen LogP contribution < -0.4 is 10.6 Å². The van der Waals surface area contributed by atoms with Crippen LogP contribution in [0.3, 0.4) is 0 Å². The van der Waals surface area contributed by atoms with Gasteiger partial charge < -0.3 is 5.32 Å². The first-order valence-corrected chi connectivity index (χ1v) is 9.94. The van der Waals surface area contributed by atoms with Gasteiger partial charge in [-0.05, 0) is 30.2 Å². The monoisotopic (exact) mass is 363 g/mol. The summed E-state index contributed by atoms with van der Waals surface area (Å²) in [5.41, 5.74) is 0.697. The van der Waals surface area contributed by atoms with Crippen LogP contribution in [0.25, 0.3) is 0 Å². The number of thiophene rings is 1. The molecule has 2 atom stereocenters. The molecule has 0 aliphatic heterocycles. The molecule has 2 aromatic rings. The molecule has 0 spiro atoms. The third-order valence-corrected chi connectivity index (χ3v) is 5.84. The number of nitrogens with one attached hydrogen (secondary N) is 2. The van der Waals surface area contributed by atoms with Gasteiger partial charge in [0.05, 0.1) is 17.0 Å². The summed E-state index contributed by atoms with van der Waals surface area (Å²) in [4.78, 5) is 29.1. The first-order valence-electron chi connectivity index (χ1n) is 8.19. The van der Waals surface area contributed by atoms with Crippen molar-refractivity contribution in [2.24, 2.45) is 5.92 Å². The third-order valence-electron chi connectivity index (χ3n) is 4.16. The van der Waals surface area contributed by atoms with E-state index < -0.39 is 0 Å². The Morgan fingerprint density at radius 2 is 2.21 bits per heavy atom. The molecule has 2 aromatic heterocycles. The molecular formula is C17H21N3O2S2. The topological polar surface area (TPSA) is 71.1 Å². The summed E-state index contributed by atoms with van der Waals surface area (Å²) in [6, 6.07) is 3.90. The Morgan fingerprint density at radius 1 is 1.33 bits per heavy atom. The zero-order chi connectivity index (χ0) is 16.9. The molecule has 0 aromatic carbocycles. The highest BCUT2D eigenvalue weighted by Gasteiger charge is 2.21. The fourth-order valence-corrected chi connectivity index (χ4v) is 4.34. The standard InChI is InChI=1S/C17H21N3O2S2/c1-11-4-2-5-12(8-11)18-15(21)9-13-10-24-17(19-13)20-16(22)14-6-3-7-23-14/h3,6-7,10-12H,2,4-5,8-9H2,1H3,(H,18,21)(H,19,20,22). The molecule has 0 radical (unpaired) electrons. The Hall–Kier alpha value is -1.73.